The zero-order valence-electron chi connectivity index (χ0n) is 25.1. The Morgan fingerprint density at radius 2 is 1.83 bits per heavy atom. The number of carbonyl (C=O) groups is 1. The summed E-state index contributed by atoms with van der Waals surface area (Å²) in [7, 11) is 1.40. The first-order valence-corrected chi connectivity index (χ1v) is 14.5. The fraction of sp³-hybridized carbons (Fsp3) is 0.343. The second kappa shape index (κ2) is 10.5. The molecule has 0 aliphatic carbocycles. The number of carbonyl (C=O) groups excluding carboxylic acids is 1. The van der Waals surface area contributed by atoms with Crippen molar-refractivity contribution in [1.82, 2.24) is 4.98 Å². The van der Waals surface area contributed by atoms with Crippen LogP contribution >= 0.6 is 0 Å². The number of rotatable bonds is 7. The van der Waals surface area contributed by atoms with Crippen LogP contribution < -0.4 is 14.8 Å². The van der Waals surface area contributed by atoms with E-state index < -0.39 is 5.97 Å². The number of esters is 1. The Kier molecular flexibility index (Phi) is 6.92. The molecule has 3 aromatic carbocycles. The molecule has 0 spiro atoms. The van der Waals surface area contributed by atoms with Gasteiger partial charge in [0.1, 0.15) is 5.60 Å². The molecule has 0 atom stereocenters. The number of aliphatic imine (C=N–C) groups is 1. The lowest BCUT2D eigenvalue weighted by atomic mass is 9.80. The Bertz CT molecular complexity index is 1740. The average Bonchev–Trinajstić information content (AvgIpc) is 3.29. The highest BCUT2D eigenvalue weighted by Crippen LogP contribution is 2.48. The number of fused-ring (bicyclic) bond motifs is 4. The number of pyridine rings is 1. The van der Waals surface area contributed by atoms with Gasteiger partial charge in [-0.1, -0.05) is 30.3 Å². The summed E-state index contributed by atoms with van der Waals surface area (Å²) in [6, 6.07) is 20.0. The van der Waals surface area contributed by atoms with Crippen LogP contribution in [0.25, 0.3) is 10.9 Å². The summed E-state index contributed by atoms with van der Waals surface area (Å²) in [5.74, 6) is 1.19. The van der Waals surface area contributed by atoms with Gasteiger partial charge in [0, 0.05) is 34.2 Å². The predicted molar refractivity (Wildman–Crippen MR) is 166 cm³/mol. The molecule has 2 aliphatic rings. The summed E-state index contributed by atoms with van der Waals surface area (Å²) in [6.45, 7) is 11.5. The number of hydrogen-bond acceptors (Lipinski definition) is 7. The van der Waals surface area contributed by atoms with E-state index in [2.05, 4.69) is 45.1 Å². The summed E-state index contributed by atoms with van der Waals surface area (Å²) >= 11 is 0. The quantitative estimate of drug-likeness (QED) is 0.246. The minimum atomic E-state index is -0.403. The van der Waals surface area contributed by atoms with E-state index in [0.29, 0.717) is 24.4 Å². The maximum absolute atomic E-state index is 12.8. The van der Waals surface area contributed by atoms with Crippen molar-refractivity contribution in [3.05, 3.63) is 94.2 Å². The third kappa shape index (κ3) is 5.20. The number of ether oxygens (including phenoxy) is 3. The molecule has 0 amide bonds. The van der Waals surface area contributed by atoms with Gasteiger partial charge < -0.3 is 19.5 Å². The molecule has 1 aromatic heterocycles. The van der Waals surface area contributed by atoms with Crippen LogP contribution in [-0.2, 0) is 24.1 Å². The molecule has 3 heterocycles. The van der Waals surface area contributed by atoms with Crippen molar-refractivity contribution in [2.24, 2.45) is 4.99 Å². The maximum Gasteiger partial charge on any atom is 0.339 e. The molecule has 6 rings (SSSR count). The summed E-state index contributed by atoms with van der Waals surface area (Å²) < 4.78 is 17.6. The monoisotopic (exact) mass is 563 g/mol. The van der Waals surface area contributed by atoms with Gasteiger partial charge in [-0.15, -0.1) is 0 Å². The lowest BCUT2D eigenvalue weighted by molar-refractivity contribution is 0.0601. The van der Waals surface area contributed by atoms with E-state index in [0.717, 1.165) is 63.3 Å². The smallest absolute Gasteiger partial charge is 0.339 e. The van der Waals surface area contributed by atoms with Crippen molar-refractivity contribution in [1.29, 1.82) is 0 Å². The van der Waals surface area contributed by atoms with E-state index in [9.17, 15) is 4.79 Å². The van der Waals surface area contributed by atoms with Gasteiger partial charge in [0.25, 0.3) is 0 Å². The van der Waals surface area contributed by atoms with Gasteiger partial charge in [-0.3, -0.25) is 9.98 Å². The molecular formula is C35H37N3O4. The zero-order chi connectivity index (χ0) is 29.6. The second-order valence-electron chi connectivity index (χ2n) is 12.2. The van der Waals surface area contributed by atoms with Crippen molar-refractivity contribution < 1.29 is 19.0 Å². The van der Waals surface area contributed by atoms with Gasteiger partial charge in [0.05, 0.1) is 48.3 Å². The van der Waals surface area contributed by atoms with Gasteiger partial charge in [-0.25, -0.2) is 4.79 Å². The Labute approximate surface area is 246 Å². The lowest BCUT2D eigenvalue weighted by Gasteiger charge is -2.31. The molecule has 0 fully saturated rings. The summed E-state index contributed by atoms with van der Waals surface area (Å²) in [6.07, 6.45) is 1.54. The van der Waals surface area contributed by atoms with Crippen LogP contribution in [0.4, 0.5) is 5.69 Å². The fourth-order valence-corrected chi connectivity index (χ4v) is 6.06. The highest BCUT2D eigenvalue weighted by molar-refractivity contribution is 6.17. The molecule has 4 aromatic rings. The van der Waals surface area contributed by atoms with Gasteiger partial charge >= 0.3 is 5.97 Å². The molecule has 7 nitrogen and oxygen atoms in total. The molecule has 0 unspecified atom stereocenters. The standard InChI is InChI=1S/C35H37N3O4/c1-7-41-29-17-23-18-34(2,3)38-31(30(23)26-19-35(4,5)42-32(26)29)22-13-15-25(33(39)40-6)28(16-22)36-20-24-14-12-21-10-8-9-11-27(21)37-24/h8-17,36H,7,18-20H2,1-6H3. The number of nitrogens with one attached hydrogen (secondary N) is 1. The number of methoxy groups -OCH3 is 1. The number of para-hydroxylation sites is 1. The average molecular weight is 564 g/mol. The van der Waals surface area contributed by atoms with E-state index in [1.54, 1.807) is 0 Å². The van der Waals surface area contributed by atoms with Crippen LogP contribution in [0, 0.1) is 0 Å². The highest BCUT2D eigenvalue weighted by atomic mass is 16.5. The van der Waals surface area contributed by atoms with Crippen molar-refractivity contribution in [3.63, 3.8) is 0 Å². The molecule has 0 bridgehead atoms. The first-order valence-electron chi connectivity index (χ1n) is 14.5. The molecule has 1 N–H and O–H groups in total. The molecule has 2 aliphatic heterocycles. The van der Waals surface area contributed by atoms with Crippen LogP contribution in [0.15, 0.2) is 65.7 Å². The first-order chi connectivity index (χ1) is 20.1. The van der Waals surface area contributed by atoms with Crippen LogP contribution in [0.5, 0.6) is 11.5 Å². The summed E-state index contributed by atoms with van der Waals surface area (Å²) in [5.41, 5.74) is 7.49. The van der Waals surface area contributed by atoms with Gasteiger partial charge in [0.15, 0.2) is 11.5 Å². The first kappa shape index (κ1) is 27.8. The van der Waals surface area contributed by atoms with Crippen LogP contribution in [0.1, 0.15) is 72.9 Å². The minimum Gasteiger partial charge on any atom is -0.490 e. The molecule has 216 valence electrons. The largest absolute Gasteiger partial charge is 0.490 e. The van der Waals surface area contributed by atoms with Crippen LogP contribution in [-0.4, -0.2) is 41.5 Å². The molecular weight excluding hydrogens is 526 g/mol. The maximum atomic E-state index is 12.8. The van der Waals surface area contributed by atoms with Crippen LogP contribution in [0.2, 0.25) is 0 Å². The van der Waals surface area contributed by atoms with E-state index in [1.807, 2.05) is 55.5 Å². The second-order valence-corrected chi connectivity index (χ2v) is 12.2. The fourth-order valence-electron chi connectivity index (χ4n) is 6.06. The van der Waals surface area contributed by atoms with Crippen molar-refractivity contribution in [2.45, 2.75) is 65.1 Å². The zero-order valence-corrected chi connectivity index (χ0v) is 25.1. The Balaban J connectivity index is 1.44. The summed E-state index contributed by atoms with van der Waals surface area (Å²) in [5, 5.41) is 4.55. The number of aromatic nitrogens is 1. The lowest BCUT2D eigenvalue weighted by Crippen LogP contribution is -2.30. The molecule has 0 saturated heterocycles. The number of benzene rings is 3. The summed E-state index contributed by atoms with van der Waals surface area (Å²) in [4.78, 5) is 22.9. The van der Waals surface area contributed by atoms with Gasteiger partial charge in [0.2, 0.25) is 0 Å². The van der Waals surface area contributed by atoms with Crippen LogP contribution in [0.3, 0.4) is 0 Å². The molecule has 42 heavy (non-hydrogen) atoms. The Hall–Kier alpha value is -4.39. The highest BCUT2D eigenvalue weighted by Gasteiger charge is 2.40. The van der Waals surface area contributed by atoms with E-state index in [1.165, 1.54) is 12.7 Å². The number of nitrogens with zero attached hydrogens (tertiary/aromatic N) is 2. The Morgan fingerprint density at radius 3 is 2.62 bits per heavy atom. The van der Waals surface area contributed by atoms with Crippen molar-refractivity contribution >= 4 is 28.3 Å². The molecule has 0 radical (unpaired) electrons. The predicted octanol–water partition coefficient (Wildman–Crippen LogP) is 6.92. The topological polar surface area (TPSA) is 82.0 Å². The Morgan fingerprint density at radius 1 is 1.02 bits per heavy atom. The molecule has 0 saturated carbocycles. The molecule has 7 heteroatoms. The normalized spacial score (nSPS) is 16.2. The SMILES string of the molecule is CCOc1cc2c(c3c1OC(C)(C)C3)C(c1ccc(C(=O)OC)c(NCc3ccc4ccccc4n3)c1)=NC(C)(C)C2. The van der Waals surface area contributed by atoms with E-state index >= 15 is 0 Å². The van der Waals surface area contributed by atoms with E-state index in [4.69, 9.17) is 24.2 Å². The minimum absolute atomic E-state index is 0.321. The third-order valence-electron chi connectivity index (χ3n) is 7.80. The number of hydrogen-bond donors (Lipinski definition) is 1. The van der Waals surface area contributed by atoms with E-state index in [-0.39, 0.29) is 11.1 Å². The third-order valence-corrected chi connectivity index (χ3v) is 7.80. The van der Waals surface area contributed by atoms with Gasteiger partial charge in [-0.2, -0.15) is 0 Å². The number of anilines is 1. The van der Waals surface area contributed by atoms with Gasteiger partial charge in [-0.05, 0) is 76.9 Å². The van der Waals surface area contributed by atoms with Crippen molar-refractivity contribution in [3.8, 4) is 11.5 Å². The van der Waals surface area contributed by atoms with Crippen molar-refractivity contribution in [2.75, 3.05) is 19.0 Å².